The molecule has 1 amide bonds. The summed E-state index contributed by atoms with van der Waals surface area (Å²) in [6, 6.07) is 19.3. The van der Waals surface area contributed by atoms with E-state index < -0.39 is 22.7 Å². The third-order valence-corrected chi connectivity index (χ3v) is 6.88. The van der Waals surface area contributed by atoms with E-state index in [2.05, 4.69) is 20.9 Å². The molecule has 1 unspecified atom stereocenters. The SMILES string of the molecule is O=C1C(=O)N(CCc2c[nH]c3ccccc23)C(c2cccc([N+](=O)[O-])c2)/C1=C(/O)c1ccc(Br)cc1. The molecule has 1 atom stereocenters. The zero-order valence-electron chi connectivity index (χ0n) is 18.8. The summed E-state index contributed by atoms with van der Waals surface area (Å²) in [4.78, 5) is 41.9. The van der Waals surface area contributed by atoms with Crippen LogP contribution < -0.4 is 0 Å². The molecule has 4 aromatic rings. The number of nitrogens with zero attached hydrogens (tertiary/aromatic N) is 2. The number of rotatable bonds is 6. The van der Waals surface area contributed by atoms with Crippen molar-refractivity contribution in [2.24, 2.45) is 0 Å². The summed E-state index contributed by atoms with van der Waals surface area (Å²) >= 11 is 3.34. The number of aromatic amines is 1. The van der Waals surface area contributed by atoms with E-state index in [0.717, 1.165) is 20.9 Å². The zero-order chi connectivity index (χ0) is 25.4. The molecule has 1 fully saturated rings. The number of H-pyrrole nitrogens is 1. The normalized spacial score (nSPS) is 17.1. The predicted octanol–water partition coefficient (Wildman–Crippen LogP) is 5.50. The minimum atomic E-state index is -0.973. The van der Waals surface area contributed by atoms with Crippen molar-refractivity contribution < 1.29 is 19.6 Å². The molecule has 5 rings (SSSR count). The summed E-state index contributed by atoms with van der Waals surface area (Å²) in [5.41, 5.74) is 2.41. The van der Waals surface area contributed by atoms with E-state index in [1.165, 1.54) is 23.1 Å². The van der Waals surface area contributed by atoms with Crippen molar-refractivity contribution in [2.45, 2.75) is 12.5 Å². The summed E-state index contributed by atoms with van der Waals surface area (Å²) < 4.78 is 0.786. The van der Waals surface area contributed by atoms with Gasteiger partial charge in [0.15, 0.2) is 0 Å². The molecule has 0 bridgehead atoms. The molecule has 0 radical (unpaired) electrons. The van der Waals surface area contributed by atoms with Gasteiger partial charge in [0.2, 0.25) is 0 Å². The van der Waals surface area contributed by atoms with Crippen LogP contribution in [-0.2, 0) is 16.0 Å². The van der Waals surface area contributed by atoms with Crippen molar-refractivity contribution in [3.63, 3.8) is 0 Å². The third-order valence-electron chi connectivity index (χ3n) is 6.35. The lowest BCUT2D eigenvalue weighted by molar-refractivity contribution is -0.384. The van der Waals surface area contributed by atoms with E-state index in [0.29, 0.717) is 17.5 Å². The molecule has 36 heavy (non-hydrogen) atoms. The second kappa shape index (κ2) is 9.43. The Labute approximate surface area is 214 Å². The number of nitro groups is 1. The monoisotopic (exact) mass is 545 g/mol. The Morgan fingerprint density at radius 2 is 1.81 bits per heavy atom. The van der Waals surface area contributed by atoms with Gasteiger partial charge in [0.05, 0.1) is 16.5 Å². The molecule has 2 heterocycles. The molecule has 3 aromatic carbocycles. The summed E-state index contributed by atoms with van der Waals surface area (Å²) in [5, 5.41) is 23.6. The first-order valence-electron chi connectivity index (χ1n) is 11.2. The second-order valence-electron chi connectivity index (χ2n) is 8.46. The van der Waals surface area contributed by atoms with Gasteiger partial charge in [-0.3, -0.25) is 19.7 Å². The number of halogens is 1. The fourth-order valence-corrected chi connectivity index (χ4v) is 4.87. The number of amides is 1. The number of para-hydroxylation sites is 1. The Bertz CT molecular complexity index is 1540. The van der Waals surface area contributed by atoms with Crippen LogP contribution in [0.5, 0.6) is 0 Å². The summed E-state index contributed by atoms with van der Waals surface area (Å²) in [6.45, 7) is 0.177. The van der Waals surface area contributed by atoms with E-state index in [9.17, 15) is 24.8 Å². The fraction of sp³-hybridized carbons (Fsp3) is 0.111. The van der Waals surface area contributed by atoms with E-state index in [4.69, 9.17) is 0 Å². The predicted molar refractivity (Wildman–Crippen MR) is 138 cm³/mol. The lowest BCUT2D eigenvalue weighted by Crippen LogP contribution is -2.31. The highest BCUT2D eigenvalue weighted by Crippen LogP contribution is 2.40. The molecule has 180 valence electrons. The largest absolute Gasteiger partial charge is 0.507 e. The molecule has 1 aliphatic heterocycles. The summed E-state index contributed by atoms with van der Waals surface area (Å²) in [6.07, 6.45) is 2.31. The summed E-state index contributed by atoms with van der Waals surface area (Å²) in [7, 11) is 0. The van der Waals surface area contributed by atoms with Crippen LogP contribution in [0.4, 0.5) is 5.69 Å². The number of nitrogens with one attached hydrogen (secondary N) is 1. The van der Waals surface area contributed by atoms with Crippen molar-refractivity contribution in [3.8, 4) is 0 Å². The lowest BCUT2D eigenvalue weighted by Gasteiger charge is -2.25. The average Bonchev–Trinajstić information content (AvgIpc) is 3.41. The van der Waals surface area contributed by atoms with Gasteiger partial charge < -0.3 is 15.0 Å². The number of non-ortho nitro benzene ring substituents is 1. The Kier molecular flexibility index (Phi) is 6.15. The van der Waals surface area contributed by atoms with Crippen LogP contribution in [0.1, 0.15) is 22.7 Å². The molecule has 1 aromatic heterocycles. The quantitative estimate of drug-likeness (QED) is 0.109. The van der Waals surface area contributed by atoms with E-state index >= 15 is 0 Å². The minimum Gasteiger partial charge on any atom is -0.507 e. The fourth-order valence-electron chi connectivity index (χ4n) is 4.61. The first-order chi connectivity index (χ1) is 17.3. The molecule has 1 aliphatic rings. The third kappa shape index (κ3) is 4.18. The number of hydrogen-bond acceptors (Lipinski definition) is 5. The number of aliphatic hydroxyl groups excluding tert-OH is 1. The number of aliphatic hydroxyl groups is 1. The molecule has 9 heteroatoms. The molecular formula is C27H20BrN3O5. The van der Waals surface area contributed by atoms with Crippen LogP contribution in [0.3, 0.4) is 0 Å². The van der Waals surface area contributed by atoms with Gasteiger partial charge >= 0.3 is 0 Å². The van der Waals surface area contributed by atoms with E-state index in [-0.39, 0.29) is 23.6 Å². The first-order valence-corrected chi connectivity index (χ1v) is 12.0. The summed E-state index contributed by atoms with van der Waals surface area (Å²) in [5.74, 6) is -1.91. The number of hydrogen-bond donors (Lipinski definition) is 2. The highest BCUT2D eigenvalue weighted by Gasteiger charge is 2.46. The van der Waals surface area contributed by atoms with Gasteiger partial charge in [0.1, 0.15) is 5.76 Å². The standard InChI is InChI=1S/C27H20BrN3O5/c28-19-10-8-16(9-11-19)25(32)23-24(17-4-3-5-20(14-17)31(35)36)30(27(34)26(23)33)13-12-18-15-29-22-7-2-1-6-21(18)22/h1-11,14-15,24,29,32H,12-13H2/b25-23-. The zero-order valence-corrected chi connectivity index (χ0v) is 20.4. The molecule has 0 spiro atoms. The van der Waals surface area contributed by atoms with Crippen LogP contribution in [0.15, 0.2) is 89.0 Å². The van der Waals surface area contributed by atoms with Crippen molar-refractivity contribution in [1.82, 2.24) is 9.88 Å². The van der Waals surface area contributed by atoms with Crippen LogP contribution in [0.2, 0.25) is 0 Å². The van der Waals surface area contributed by atoms with Gasteiger partial charge in [0, 0.05) is 45.8 Å². The number of nitro benzene ring substituents is 1. The molecule has 2 N–H and O–H groups in total. The number of carbonyl (C=O) groups is 2. The van der Waals surface area contributed by atoms with E-state index in [1.807, 2.05) is 30.5 Å². The molecule has 0 aliphatic carbocycles. The van der Waals surface area contributed by atoms with Crippen molar-refractivity contribution in [3.05, 3.63) is 116 Å². The average molecular weight is 546 g/mol. The maximum atomic E-state index is 13.2. The second-order valence-corrected chi connectivity index (χ2v) is 9.38. The molecule has 1 saturated heterocycles. The molecule has 0 saturated carbocycles. The lowest BCUT2D eigenvalue weighted by atomic mass is 9.95. The first kappa shape index (κ1) is 23.5. The topological polar surface area (TPSA) is 117 Å². The molecule has 8 nitrogen and oxygen atoms in total. The Balaban J connectivity index is 1.59. The van der Waals surface area contributed by atoms with Crippen LogP contribution in [0, 0.1) is 10.1 Å². The van der Waals surface area contributed by atoms with Gasteiger partial charge in [-0.1, -0.05) is 58.4 Å². The van der Waals surface area contributed by atoms with Gasteiger partial charge in [0.25, 0.3) is 17.4 Å². The number of Topliss-reactive ketones (excluding diaryl/α,β-unsaturated/α-hetero) is 1. The van der Waals surface area contributed by atoms with Gasteiger partial charge in [-0.15, -0.1) is 0 Å². The van der Waals surface area contributed by atoms with Crippen molar-refractivity contribution in [1.29, 1.82) is 0 Å². The maximum absolute atomic E-state index is 13.2. The smallest absolute Gasteiger partial charge is 0.295 e. The highest BCUT2D eigenvalue weighted by molar-refractivity contribution is 9.10. The Hall–Kier alpha value is -4.24. The number of carbonyl (C=O) groups excluding carboxylic acids is 2. The van der Waals surface area contributed by atoms with Crippen molar-refractivity contribution in [2.75, 3.05) is 6.54 Å². The Morgan fingerprint density at radius 3 is 2.56 bits per heavy atom. The number of benzene rings is 3. The van der Waals surface area contributed by atoms with Gasteiger partial charge in [-0.2, -0.15) is 0 Å². The van der Waals surface area contributed by atoms with Gasteiger partial charge in [-0.25, -0.2) is 0 Å². The van der Waals surface area contributed by atoms with Crippen molar-refractivity contribution >= 4 is 50.0 Å². The number of aromatic nitrogens is 1. The highest BCUT2D eigenvalue weighted by atomic mass is 79.9. The van der Waals surface area contributed by atoms with Crippen LogP contribution >= 0.6 is 15.9 Å². The number of ketones is 1. The van der Waals surface area contributed by atoms with Crippen LogP contribution in [-0.4, -0.2) is 38.1 Å². The minimum absolute atomic E-state index is 0.0956. The number of likely N-dealkylation sites (tertiary alicyclic amines) is 1. The number of fused-ring (bicyclic) bond motifs is 1. The molecular weight excluding hydrogens is 526 g/mol. The van der Waals surface area contributed by atoms with E-state index in [1.54, 1.807) is 30.3 Å². The maximum Gasteiger partial charge on any atom is 0.295 e. The van der Waals surface area contributed by atoms with Gasteiger partial charge in [-0.05, 0) is 35.7 Å². The van der Waals surface area contributed by atoms with Crippen LogP contribution in [0.25, 0.3) is 16.7 Å². The Morgan fingerprint density at radius 1 is 1.06 bits per heavy atom.